The van der Waals surface area contributed by atoms with Gasteiger partial charge in [0.25, 0.3) is 5.91 Å². The van der Waals surface area contributed by atoms with Crippen LogP contribution in [0.15, 0.2) is 18.2 Å². The van der Waals surface area contributed by atoms with Crippen LogP contribution in [0.3, 0.4) is 0 Å². The number of benzene rings is 1. The lowest BCUT2D eigenvalue weighted by atomic mass is 9.53. The molecule has 0 heterocycles. The number of hydrogen-bond acceptors (Lipinski definition) is 5. The molecule has 0 aromatic heterocycles. The van der Waals surface area contributed by atoms with Crippen LogP contribution in [0.25, 0.3) is 0 Å². The minimum absolute atomic E-state index is 0.0860. The van der Waals surface area contributed by atoms with Crippen molar-refractivity contribution in [2.45, 2.75) is 70.6 Å². The fraction of sp³-hybridized carbons (Fsp3) is 0.667. The molecule has 164 valence electrons. The van der Waals surface area contributed by atoms with Gasteiger partial charge in [0.15, 0.2) is 6.10 Å². The van der Waals surface area contributed by atoms with Gasteiger partial charge < -0.3 is 19.5 Å². The van der Waals surface area contributed by atoms with Gasteiger partial charge in [-0.25, -0.2) is 4.79 Å². The zero-order chi connectivity index (χ0) is 21.3. The SMILES string of the molecule is CCOCc1cc(C(=O)O[C@H](C)C(=O)NC23CC4CC(CC(C4)C2)C3)ccc1OC. The number of rotatable bonds is 8. The van der Waals surface area contributed by atoms with Crippen LogP contribution >= 0.6 is 0 Å². The van der Waals surface area contributed by atoms with Crippen LogP contribution < -0.4 is 10.1 Å². The average molecular weight is 416 g/mol. The number of amides is 1. The molecule has 4 fully saturated rings. The number of carbonyl (C=O) groups excluding carboxylic acids is 2. The van der Waals surface area contributed by atoms with Gasteiger partial charge in [0.1, 0.15) is 5.75 Å². The first-order valence-electron chi connectivity index (χ1n) is 11.2. The molecule has 4 aliphatic carbocycles. The second-order valence-electron chi connectivity index (χ2n) is 9.40. The third-order valence-electron chi connectivity index (χ3n) is 7.06. The van der Waals surface area contributed by atoms with E-state index in [2.05, 4.69) is 5.32 Å². The third kappa shape index (κ3) is 4.34. The maximum Gasteiger partial charge on any atom is 0.338 e. The van der Waals surface area contributed by atoms with Gasteiger partial charge in [-0.05, 0) is 88.3 Å². The number of methoxy groups -OCH3 is 1. The Morgan fingerprint density at radius 3 is 2.33 bits per heavy atom. The van der Waals surface area contributed by atoms with Gasteiger partial charge >= 0.3 is 5.97 Å². The van der Waals surface area contributed by atoms with Gasteiger partial charge in [-0.3, -0.25) is 4.79 Å². The Balaban J connectivity index is 1.38. The monoisotopic (exact) mass is 415 g/mol. The highest BCUT2D eigenvalue weighted by Crippen LogP contribution is 2.55. The summed E-state index contributed by atoms with van der Waals surface area (Å²) in [5, 5.41) is 3.28. The normalized spacial score (nSPS) is 30.0. The molecule has 1 amide bonds. The van der Waals surface area contributed by atoms with E-state index >= 15 is 0 Å². The van der Waals surface area contributed by atoms with Crippen LogP contribution in [0, 0.1) is 17.8 Å². The predicted molar refractivity (Wildman–Crippen MR) is 112 cm³/mol. The van der Waals surface area contributed by atoms with E-state index in [1.807, 2.05) is 6.92 Å². The summed E-state index contributed by atoms with van der Waals surface area (Å²) in [6.07, 6.45) is 6.35. The van der Waals surface area contributed by atoms with Crippen molar-refractivity contribution < 1.29 is 23.8 Å². The molecule has 1 N–H and O–H groups in total. The molecule has 0 saturated heterocycles. The number of carbonyl (C=O) groups is 2. The minimum Gasteiger partial charge on any atom is -0.496 e. The average Bonchev–Trinajstić information content (AvgIpc) is 2.70. The quantitative estimate of drug-likeness (QED) is 0.653. The number of ether oxygens (including phenoxy) is 3. The lowest BCUT2D eigenvalue weighted by molar-refractivity contribution is -0.134. The van der Waals surface area contributed by atoms with Gasteiger partial charge in [-0.15, -0.1) is 0 Å². The molecule has 5 rings (SSSR count). The van der Waals surface area contributed by atoms with Crippen molar-refractivity contribution >= 4 is 11.9 Å². The second kappa shape index (κ2) is 8.58. The number of nitrogens with one attached hydrogen (secondary N) is 1. The summed E-state index contributed by atoms with van der Waals surface area (Å²) in [5.74, 6) is 2.21. The zero-order valence-electron chi connectivity index (χ0n) is 18.2. The fourth-order valence-electron chi connectivity index (χ4n) is 6.14. The summed E-state index contributed by atoms with van der Waals surface area (Å²) in [4.78, 5) is 25.5. The number of hydrogen-bond donors (Lipinski definition) is 1. The molecule has 0 aliphatic heterocycles. The van der Waals surface area contributed by atoms with Gasteiger partial charge in [0.2, 0.25) is 0 Å². The Hall–Kier alpha value is -2.08. The summed E-state index contributed by atoms with van der Waals surface area (Å²) < 4.78 is 16.3. The first-order chi connectivity index (χ1) is 14.4. The van der Waals surface area contributed by atoms with Crippen LogP contribution in [0.1, 0.15) is 68.3 Å². The maximum atomic E-state index is 12.9. The van der Waals surface area contributed by atoms with Crippen molar-refractivity contribution in [2.75, 3.05) is 13.7 Å². The zero-order valence-corrected chi connectivity index (χ0v) is 18.2. The molecule has 6 heteroatoms. The van der Waals surface area contributed by atoms with E-state index in [-0.39, 0.29) is 11.4 Å². The van der Waals surface area contributed by atoms with E-state index in [1.54, 1.807) is 32.2 Å². The van der Waals surface area contributed by atoms with E-state index in [0.717, 1.165) is 42.6 Å². The Morgan fingerprint density at radius 2 is 1.77 bits per heavy atom. The standard InChI is InChI=1S/C24H33NO5/c1-4-29-14-20-10-19(5-6-21(20)28-3)23(27)30-15(2)22(26)25-24-11-16-7-17(12-24)9-18(8-16)13-24/h5-6,10,15-18H,4,7-9,11-14H2,1-3H3,(H,25,26)/t15-,16?,17?,18?,24?/m1/s1. The van der Waals surface area contributed by atoms with Crippen LogP contribution in [-0.4, -0.2) is 37.2 Å². The third-order valence-corrected chi connectivity index (χ3v) is 7.06. The second-order valence-corrected chi connectivity index (χ2v) is 9.40. The van der Waals surface area contributed by atoms with Gasteiger partial charge in [0.05, 0.1) is 19.3 Å². The first-order valence-corrected chi connectivity index (χ1v) is 11.2. The van der Waals surface area contributed by atoms with E-state index in [9.17, 15) is 9.59 Å². The summed E-state index contributed by atoms with van der Waals surface area (Å²) >= 11 is 0. The van der Waals surface area contributed by atoms with Crippen LogP contribution in [0.2, 0.25) is 0 Å². The summed E-state index contributed by atoms with van der Waals surface area (Å²) in [7, 11) is 1.58. The molecule has 4 aliphatic rings. The Labute approximate surface area is 178 Å². The van der Waals surface area contributed by atoms with Crippen molar-refractivity contribution in [3.05, 3.63) is 29.3 Å². The molecular formula is C24H33NO5. The van der Waals surface area contributed by atoms with Gasteiger partial charge in [-0.2, -0.15) is 0 Å². The van der Waals surface area contributed by atoms with E-state index in [0.29, 0.717) is 24.5 Å². The lowest BCUT2D eigenvalue weighted by Gasteiger charge is -2.57. The van der Waals surface area contributed by atoms with Gasteiger partial charge in [-0.1, -0.05) is 0 Å². The Kier molecular flexibility index (Phi) is 6.05. The first kappa shape index (κ1) is 21.2. The van der Waals surface area contributed by atoms with Crippen LogP contribution in [-0.2, 0) is 20.9 Å². The molecule has 0 radical (unpaired) electrons. The van der Waals surface area contributed by atoms with E-state index in [1.165, 1.54) is 19.3 Å². The maximum absolute atomic E-state index is 12.9. The molecule has 1 aromatic carbocycles. The van der Waals surface area contributed by atoms with Crippen molar-refractivity contribution in [2.24, 2.45) is 17.8 Å². The predicted octanol–water partition coefficient (Wildman–Crippen LogP) is 3.86. The highest BCUT2D eigenvalue weighted by molar-refractivity contribution is 5.92. The molecule has 1 aromatic rings. The molecule has 4 saturated carbocycles. The fourth-order valence-corrected chi connectivity index (χ4v) is 6.14. The Morgan fingerprint density at radius 1 is 1.13 bits per heavy atom. The molecule has 1 atom stereocenters. The molecule has 6 nitrogen and oxygen atoms in total. The van der Waals surface area contributed by atoms with Crippen molar-refractivity contribution in [1.82, 2.24) is 5.32 Å². The van der Waals surface area contributed by atoms with E-state index in [4.69, 9.17) is 14.2 Å². The summed E-state index contributed by atoms with van der Waals surface area (Å²) in [5.41, 5.74) is 1.08. The summed E-state index contributed by atoms with van der Waals surface area (Å²) in [6.45, 7) is 4.48. The molecule has 4 bridgehead atoms. The van der Waals surface area contributed by atoms with Crippen molar-refractivity contribution in [3.63, 3.8) is 0 Å². The molecule has 30 heavy (non-hydrogen) atoms. The lowest BCUT2D eigenvalue weighted by Crippen LogP contribution is -2.61. The molecular weight excluding hydrogens is 382 g/mol. The highest BCUT2D eigenvalue weighted by Gasteiger charge is 2.51. The van der Waals surface area contributed by atoms with Crippen LogP contribution in [0.4, 0.5) is 0 Å². The highest BCUT2D eigenvalue weighted by atomic mass is 16.5. The largest absolute Gasteiger partial charge is 0.496 e. The van der Waals surface area contributed by atoms with Gasteiger partial charge in [0, 0.05) is 17.7 Å². The van der Waals surface area contributed by atoms with Crippen LogP contribution in [0.5, 0.6) is 5.75 Å². The smallest absolute Gasteiger partial charge is 0.338 e. The summed E-state index contributed by atoms with van der Waals surface area (Å²) in [6, 6.07) is 5.09. The minimum atomic E-state index is -0.831. The van der Waals surface area contributed by atoms with E-state index < -0.39 is 12.1 Å². The Bertz CT molecular complexity index is 770. The van der Waals surface area contributed by atoms with Crippen molar-refractivity contribution in [3.8, 4) is 5.75 Å². The molecule has 0 spiro atoms. The number of esters is 1. The van der Waals surface area contributed by atoms with Crippen molar-refractivity contribution in [1.29, 1.82) is 0 Å². The molecule has 0 unspecified atom stereocenters. The topological polar surface area (TPSA) is 73.9 Å².